The Morgan fingerprint density at radius 2 is 1.78 bits per heavy atom. The average Bonchev–Trinajstić information content (AvgIpc) is 2.69. The average molecular weight is 308 g/mol. The lowest BCUT2D eigenvalue weighted by molar-refractivity contribution is 0.0994. The van der Waals surface area contributed by atoms with Gasteiger partial charge in [0, 0.05) is 18.5 Å². The number of carbonyl (C=O) groups is 2. The molecule has 1 aliphatic rings. The van der Waals surface area contributed by atoms with E-state index in [1.807, 2.05) is 42.5 Å². The van der Waals surface area contributed by atoms with Gasteiger partial charge in [0.25, 0.3) is 0 Å². The number of nitrogens with one attached hydrogen (secondary N) is 1. The number of unbranched alkanes of at least 4 members (excludes halogenated alkanes) is 1. The Hall–Kier alpha value is -2.62. The molecule has 0 aromatic heterocycles. The number of nitrogens with zero attached hydrogens (tertiary/aromatic N) is 1. The third kappa shape index (κ3) is 2.97. The lowest BCUT2D eigenvalue weighted by Gasteiger charge is -2.24. The van der Waals surface area contributed by atoms with E-state index in [0.717, 1.165) is 24.1 Å². The fraction of sp³-hybridized carbons (Fsp3) is 0.263. The second-order valence-electron chi connectivity index (χ2n) is 5.67. The van der Waals surface area contributed by atoms with Gasteiger partial charge in [-0.25, -0.2) is 4.79 Å². The number of hydrogen-bond donors (Lipinski definition) is 1. The maximum atomic E-state index is 12.8. The number of ketones is 1. The highest BCUT2D eigenvalue weighted by molar-refractivity contribution is 6.12. The van der Waals surface area contributed by atoms with Crippen molar-refractivity contribution in [2.75, 3.05) is 11.4 Å². The molecule has 23 heavy (non-hydrogen) atoms. The summed E-state index contributed by atoms with van der Waals surface area (Å²) in [6.45, 7) is 2.71. The van der Waals surface area contributed by atoms with Crippen LogP contribution >= 0.6 is 0 Å². The van der Waals surface area contributed by atoms with Crippen molar-refractivity contribution in [3.05, 3.63) is 59.7 Å². The van der Waals surface area contributed by atoms with Gasteiger partial charge in [0.1, 0.15) is 0 Å². The number of benzene rings is 2. The number of Topliss-reactive ketones (excluding diaryl/α,β-unsaturated/α-hetero) is 1. The molecular formula is C19H20N2O2. The van der Waals surface area contributed by atoms with Crippen molar-refractivity contribution in [1.29, 1.82) is 0 Å². The van der Waals surface area contributed by atoms with Crippen LogP contribution in [-0.4, -0.2) is 18.4 Å². The summed E-state index contributed by atoms with van der Waals surface area (Å²) in [7, 11) is 0. The Morgan fingerprint density at radius 3 is 2.57 bits per heavy atom. The van der Waals surface area contributed by atoms with E-state index >= 15 is 0 Å². The van der Waals surface area contributed by atoms with Gasteiger partial charge in [-0.3, -0.25) is 9.69 Å². The highest BCUT2D eigenvalue weighted by atomic mass is 16.2. The topological polar surface area (TPSA) is 49.4 Å². The first-order valence-electron chi connectivity index (χ1n) is 8.00. The fourth-order valence-electron chi connectivity index (χ4n) is 2.85. The van der Waals surface area contributed by atoms with Crippen LogP contribution < -0.4 is 10.2 Å². The zero-order valence-corrected chi connectivity index (χ0v) is 13.2. The molecule has 2 aromatic carbocycles. The van der Waals surface area contributed by atoms with Crippen molar-refractivity contribution in [2.24, 2.45) is 0 Å². The molecule has 1 N–H and O–H groups in total. The number of anilines is 2. The minimum atomic E-state index is -0.187. The smallest absolute Gasteiger partial charge is 0.326 e. The fourth-order valence-corrected chi connectivity index (χ4v) is 2.85. The Kier molecular flexibility index (Phi) is 4.42. The molecule has 0 radical (unpaired) electrons. The molecule has 118 valence electrons. The van der Waals surface area contributed by atoms with Gasteiger partial charge >= 0.3 is 6.03 Å². The van der Waals surface area contributed by atoms with Gasteiger partial charge in [-0.2, -0.15) is 0 Å². The van der Waals surface area contributed by atoms with E-state index in [0.29, 0.717) is 24.2 Å². The van der Waals surface area contributed by atoms with Crippen LogP contribution in [0.3, 0.4) is 0 Å². The van der Waals surface area contributed by atoms with Crippen LogP contribution in [0.25, 0.3) is 0 Å². The second kappa shape index (κ2) is 6.65. The van der Waals surface area contributed by atoms with Gasteiger partial charge in [-0.15, -0.1) is 0 Å². The highest BCUT2D eigenvalue weighted by Gasteiger charge is 2.28. The largest absolute Gasteiger partial charge is 0.337 e. The Balaban J connectivity index is 2.07. The summed E-state index contributed by atoms with van der Waals surface area (Å²) < 4.78 is 0. The number of amides is 2. The van der Waals surface area contributed by atoms with E-state index < -0.39 is 0 Å². The summed E-state index contributed by atoms with van der Waals surface area (Å²) in [5.74, 6) is 0.0388. The molecule has 0 saturated heterocycles. The third-order valence-corrected chi connectivity index (χ3v) is 4.04. The minimum absolute atomic E-state index is 0.0388. The summed E-state index contributed by atoms with van der Waals surface area (Å²) in [5, 5.41) is 2.95. The van der Waals surface area contributed by atoms with Crippen molar-refractivity contribution < 1.29 is 9.59 Å². The van der Waals surface area contributed by atoms with Gasteiger partial charge < -0.3 is 5.32 Å². The van der Waals surface area contributed by atoms with Crippen LogP contribution in [0.1, 0.15) is 35.7 Å². The predicted molar refractivity (Wildman–Crippen MR) is 91.4 cm³/mol. The van der Waals surface area contributed by atoms with Gasteiger partial charge in [-0.05, 0) is 30.2 Å². The molecule has 1 heterocycles. The molecule has 0 aliphatic carbocycles. The molecular weight excluding hydrogens is 288 g/mol. The Morgan fingerprint density at radius 1 is 1.09 bits per heavy atom. The lowest BCUT2D eigenvalue weighted by Crippen LogP contribution is -2.37. The first-order chi connectivity index (χ1) is 11.2. The summed E-state index contributed by atoms with van der Waals surface area (Å²) in [6.07, 6.45) is 2.26. The van der Waals surface area contributed by atoms with Crippen LogP contribution in [0.5, 0.6) is 0 Å². The number of fused-ring (bicyclic) bond motifs is 2. The third-order valence-electron chi connectivity index (χ3n) is 4.04. The molecule has 0 spiro atoms. The van der Waals surface area contributed by atoms with Crippen molar-refractivity contribution >= 4 is 23.2 Å². The van der Waals surface area contributed by atoms with Crippen molar-refractivity contribution in [3.63, 3.8) is 0 Å². The molecule has 0 bridgehead atoms. The van der Waals surface area contributed by atoms with Crippen molar-refractivity contribution in [3.8, 4) is 0 Å². The highest BCUT2D eigenvalue weighted by Crippen LogP contribution is 2.35. The monoisotopic (exact) mass is 308 g/mol. The van der Waals surface area contributed by atoms with Gasteiger partial charge in [-0.1, -0.05) is 43.7 Å². The Labute approximate surface area is 136 Å². The standard InChI is InChI=1S/C19H20N2O2/c1-2-3-12-20-19(23)21-16-10-6-4-8-14(16)13-18(22)15-9-5-7-11-17(15)21/h4-11H,2-3,12-13H2,1H3,(H,20,23). The normalized spacial score (nSPS) is 13.1. The molecule has 4 heteroatoms. The molecule has 0 saturated carbocycles. The number of para-hydroxylation sites is 2. The quantitative estimate of drug-likeness (QED) is 0.869. The van der Waals surface area contributed by atoms with E-state index in [4.69, 9.17) is 0 Å². The molecule has 0 unspecified atom stereocenters. The number of hydrogen-bond acceptors (Lipinski definition) is 2. The molecule has 4 nitrogen and oxygen atoms in total. The van der Waals surface area contributed by atoms with E-state index in [9.17, 15) is 9.59 Å². The van der Waals surface area contributed by atoms with E-state index in [1.165, 1.54) is 0 Å². The van der Waals surface area contributed by atoms with Crippen LogP contribution in [0, 0.1) is 0 Å². The molecule has 0 atom stereocenters. The summed E-state index contributed by atoms with van der Waals surface area (Å²) in [4.78, 5) is 26.9. The number of urea groups is 1. The van der Waals surface area contributed by atoms with E-state index in [1.54, 1.807) is 11.0 Å². The first kappa shape index (κ1) is 15.3. The van der Waals surface area contributed by atoms with Crippen molar-refractivity contribution in [1.82, 2.24) is 5.32 Å². The minimum Gasteiger partial charge on any atom is -0.337 e. The van der Waals surface area contributed by atoms with E-state index in [-0.39, 0.29) is 11.8 Å². The number of carbonyl (C=O) groups excluding carboxylic acids is 2. The molecule has 2 aromatic rings. The molecule has 2 amide bonds. The summed E-state index contributed by atoms with van der Waals surface area (Å²) in [5.41, 5.74) is 2.89. The maximum Gasteiger partial charge on any atom is 0.326 e. The Bertz CT molecular complexity index is 740. The molecule has 3 rings (SSSR count). The van der Waals surface area contributed by atoms with Gasteiger partial charge in [0.05, 0.1) is 11.4 Å². The van der Waals surface area contributed by atoms with Crippen LogP contribution in [0.15, 0.2) is 48.5 Å². The van der Waals surface area contributed by atoms with Crippen LogP contribution in [-0.2, 0) is 6.42 Å². The number of rotatable bonds is 3. The maximum absolute atomic E-state index is 12.8. The molecule has 1 aliphatic heterocycles. The second-order valence-corrected chi connectivity index (χ2v) is 5.67. The summed E-state index contributed by atoms with van der Waals surface area (Å²) in [6, 6.07) is 14.7. The van der Waals surface area contributed by atoms with Crippen LogP contribution in [0.2, 0.25) is 0 Å². The van der Waals surface area contributed by atoms with Gasteiger partial charge in [0.2, 0.25) is 0 Å². The van der Waals surface area contributed by atoms with E-state index in [2.05, 4.69) is 12.2 Å². The van der Waals surface area contributed by atoms with Gasteiger partial charge in [0.15, 0.2) is 5.78 Å². The molecule has 0 fully saturated rings. The van der Waals surface area contributed by atoms with Crippen molar-refractivity contribution in [2.45, 2.75) is 26.2 Å². The SMILES string of the molecule is CCCCNC(=O)N1c2ccccc2CC(=O)c2ccccc21. The lowest BCUT2D eigenvalue weighted by atomic mass is 10.0. The predicted octanol–water partition coefficient (Wildman–Crippen LogP) is 4.07. The zero-order chi connectivity index (χ0) is 16.2. The van der Waals surface area contributed by atoms with Crippen LogP contribution in [0.4, 0.5) is 16.2 Å². The first-order valence-corrected chi connectivity index (χ1v) is 8.00. The zero-order valence-electron chi connectivity index (χ0n) is 13.2. The summed E-state index contributed by atoms with van der Waals surface area (Å²) >= 11 is 0.